The van der Waals surface area contributed by atoms with Crippen molar-refractivity contribution >= 4 is 23.4 Å². The predicted octanol–water partition coefficient (Wildman–Crippen LogP) is 3.57. The highest BCUT2D eigenvalue weighted by Gasteiger charge is 2.15. The highest BCUT2D eigenvalue weighted by Crippen LogP contribution is 2.29. The normalized spacial score (nSPS) is 10.6. The number of amides is 1. The van der Waals surface area contributed by atoms with Gasteiger partial charge >= 0.3 is 0 Å². The van der Waals surface area contributed by atoms with Crippen LogP contribution in [0.5, 0.6) is 11.5 Å². The number of anilines is 1. The molecule has 1 aromatic carbocycles. The predicted molar refractivity (Wildman–Crippen MR) is 99.0 cm³/mol. The number of nitrogens with zero attached hydrogens (tertiary/aromatic N) is 2. The average Bonchev–Trinajstić information content (AvgIpc) is 3.28. The average molecular weight is 373 g/mol. The third-order valence-electron chi connectivity index (χ3n) is 3.66. The second-order valence-corrected chi connectivity index (χ2v) is 6.34. The van der Waals surface area contributed by atoms with E-state index in [1.165, 1.54) is 18.9 Å². The quantitative estimate of drug-likeness (QED) is 0.638. The van der Waals surface area contributed by atoms with Gasteiger partial charge in [0, 0.05) is 25.5 Å². The van der Waals surface area contributed by atoms with Crippen molar-refractivity contribution in [2.75, 3.05) is 19.5 Å². The van der Waals surface area contributed by atoms with E-state index in [-0.39, 0.29) is 11.7 Å². The first-order chi connectivity index (χ1) is 12.6. The Morgan fingerprint density at radius 2 is 2.12 bits per heavy atom. The van der Waals surface area contributed by atoms with Gasteiger partial charge < -0.3 is 23.8 Å². The van der Waals surface area contributed by atoms with Crippen LogP contribution < -0.4 is 14.8 Å². The Balaban J connectivity index is 1.67. The first kappa shape index (κ1) is 17.9. The van der Waals surface area contributed by atoms with Gasteiger partial charge in [-0.1, -0.05) is 11.8 Å². The van der Waals surface area contributed by atoms with E-state index < -0.39 is 0 Å². The largest absolute Gasteiger partial charge is 0.497 e. The molecular weight excluding hydrogens is 354 g/mol. The highest BCUT2D eigenvalue weighted by molar-refractivity contribution is 7.98. The monoisotopic (exact) mass is 373 g/mol. The van der Waals surface area contributed by atoms with E-state index >= 15 is 0 Å². The Labute approximate surface area is 155 Å². The number of benzene rings is 1. The van der Waals surface area contributed by atoms with Gasteiger partial charge in [-0.05, 0) is 24.3 Å². The molecule has 7 nitrogen and oxygen atoms in total. The lowest BCUT2D eigenvalue weighted by Crippen LogP contribution is -2.11. The Morgan fingerprint density at radius 3 is 2.81 bits per heavy atom. The van der Waals surface area contributed by atoms with Crippen LogP contribution in [-0.2, 0) is 12.8 Å². The van der Waals surface area contributed by atoms with Crippen LogP contribution in [0.15, 0.2) is 52.3 Å². The molecular formula is C18H19N3O4S. The summed E-state index contributed by atoms with van der Waals surface area (Å²) in [4.78, 5) is 16.7. The minimum atomic E-state index is -0.357. The van der Waals surface area contributed by atoms with Crippen LogP contribution in [0.3, 0.4) is 0 Å². The number of carbonyl (C=O) groups excluding carboxylic acids is 1. The maximum atomic E-state index is 12.5. The number of hydrogen-bond acceptors (Lipinski definition) is 6. The molecule has 0 saturated carbocycles. The number of thioether (sulfide) groups is 1. The van der Waals surface area contributed by atoms with Gasteiger partial charge in [-0.15, -0.1) is 0 Å². The zero-order chi connectivity index (χ0) is 18.5. The maximum Gasteiger partial charge on any atom is 0.291 e. The van der Waals surface area contributed by atoms with Crippen LogP contribution in [0.2, 0.25) is 0 Å². The first-order valence-electron chi connectivity index (χ1n) is 7.83. The summed E-state index contributed by atoms with van der Waals surface area (Å²) in [6.07, 6.45) is 3.62. The minimum absolute atomic E-state index is 0.227. The smallest absolute Gasteiger partial charge is 0.291 e. The van der Waals surface area contributed by atoms with Crippen molar-refractivity contribution in [2.45, 2.75) is 10.9 Å². The van der Waals surface area contributed by atoms with Gasteiger partial charge in [0.05, 0.1) is 25.7 Å². The molecule has 0 radical (unpaired) electrons. The second-order valence-electron chi connectivity index (χ2n) is 5.40. The lowest BCUT2D eigenvalue weighted by Gasteiger charge is -2.10. The Hall–Kier alpha value is -2.87. The van der Waals surface area contributed by atoms with Crippen LogP contribution in [0.25, 0.3) is 0 Å². The number of aryl methyl sites for hydroxylation is 1. The van der Waals surface area contributed by atoms with Crippen molar-refractivity contribution in [3.8, 4) is 11.5 Å². The molecule has 8 heteroatoms. The molecule has 0 fully saturated rings. The van der Waals surface area contributed by atoms with Crippen LogP contribution in [0, 0.1) is 0 Å². The van der Waals surface area contributed by atoms with Crippen LogP contribution in [0.1, 0.15) is 16.3 Å². The lowest BCUT2D eigenvalue weighted by atomic mass is 10.2. The molecule has 0 saturated heterocycles. The fourth-order valence-corrected chi connectivity index (χ4v) is 3.13. The topological polar surface area (TPSA) is 78.5 Å². The Bertz CT molecular complexity index is 903. The molecule has 0 unspecified atom stereocenters. The third kappa shape index (κ3) is 4.02. The fourth-order valence-electron chi connectivity index (χ4n) is 2.30. The molecule has 0 bridgehead atoms. The summed E-state index contributed by atoms with van der Waals surface area (Å²) in [7, 11) is 5.03. The van der Waals surface area contributed by atoms with Crippen molar-refractivity contribution in [2.24, 2.45) is 7.05 Å². The van der Waals surface area contributed by atoms with Gasteiger partial charge in [0.2, 0.25) is 0 Å². The van der Waals surface area contributed by atoms with Crippen molar-refractivity contribution < 1.29 is 18.7 Å². The minimum Gasteiger partial charge on any atom is -0.497 e. The molecule has 1 amide bonds. The van der Waals surface area contributed by atoms with E-state index in [9.17, 15) is 4.79 Å². The van der Waals surface area contributed by atoms with E-state index in [1.807, 2.05) is 17.8 Å². The van der Waals surface area contributed by atoms with Crippen molar-refractivity contribution in [3.63, 3.8) is 0 Å². The molecule has 0 atom stereocenters. The molecule has 26 heavy (non-hydrogen) atoms. The number of methoxy groups -OCH3 is 2. The molecule has 0 aliphatic rings. The van der Waals surface area contributed by atoms with Crippen LogP contribution in [0.4, 0.5) is 5.69 Å². The summed E-state index contributed by atoms with van der Waals surface area (Å²) < 4.78 is 18.0. The number of carbonyl (C=O) groups is 1. The van der Waals surface area contributed by atoms with E-state index in [0.29, 0.717) is 28.7 Å². The lowest BCUT2D eigenvalue weighted by molar-refractivity contribution is 0.0995. The standard InChI is InChI=1S/C18H19N3O4S/c1-21-9-8-19-18(21)26-11-13-5-7-16(25-13)17(22)20-14-10-12(23-2)4-6-15(14)24-3/h4-10H,11H2,1-3H3,(H,20,22). The molecule has 0 spiro atoms. The summed E-state index contributed by atoms with van der Waals surface area (Å²) in [5.41, 5.74) is 0.511. The van der Waals surface area contributed by atoms with Gasteiger partial charge in [0.15, 0.2) is 10.9 Å². The molecule has 0 aliphatic carbocycles. The maximum absolute atomic E-state index is 12.5. The van der Waals surface area contributed by atoms with E-state index in [1.54, 1.807) is 43.6 Å². The van der Waals surface area contributed by atoms with Gasteiger partial charge in [0.1, 0.15) is 17.3 Å². The van der Waals surface area contributed by atoms with Crippen LogP contribution >= 0.6 is 11.8 Å². The van der Waals surface area contributed by atoms with Crippen LogP contribution in [-0.4, -0.2) is 29.7 Å². The molecule has 3 aromatic rings. The SMILES string of the molecule is COc1ccc(OC)c(NC(=O)c2ccc(CSc3nccn3C)o2)c1. The number of nitrogens with one attached hydrogen (secondary N) is 1. The molecule has 2 aromatic heterocycles. The number of ether oxygens (including phenoxy) is 2. The Kier molecular flexibility index (Phi) is 5.52. The van der Waals surface area contributed by atoms with Crippen molar-refractivity contribution in [3.05, 3.63) is 54.2 Å². The Morgan fingerprint density at radius 1 is 1.27 bits per heavy atom. The number of hydrogen-bond donors (Lipinski definition) is 1. The van der Waals surface area contributed by atoms with Gasteiger partial charge in [-0.2, -0.15) is 0 Å². The summed E-state index contributed by atoms with van der Waals surface area (Å²) in [5, 5.41) is 3.67. The second kappa shape index (κ2) is 8.01. The number of rotatable bonds is 7. The van der Waals surface area contributed by atoms with Gasteiger partial charge in [-0.25, -0.2) is 4.98 Å². The van der Waals surface area contributed by atoms with E-state index in [2.05, 4.69) is 10.3 Å². The summed E-state index contributed by atoms with van der Waals surface area (Å²) >= 11 is 1.54. The number of imidazole rings is 1. The zero-order valence-electron chi connectivity index (χ0n) is 14.7. The molecule has 1 N–H and O–H groups in total. The summed E-state index contributed by atoms with van der Waals surface area (Å²) in [6.45, 7) is 0. The van der Waals surface area contributed by atoms with Crippen molar-refractivity contribution in [1.82, 2.24) is 9.55 Å². The molecule has 2 heterocycles. The highest BCUT2D eigenvalue weighted by atomic mass is 32.2. The first-order valence-corrected chi connectivity index (χ1v) is 8.81. The molecule has 136 valence electrons. The summed E-state index contributed by atoms with van der Waals surface area (Å²) in [6, 6.07) is 8.61. The van der Waals surface area contributed by atoms with Gasteiger partial charge in [0.25, 0.3) is 5.91 Å². The molecule has 3 rings (SSSR count). The summed E-state index contributed by atoms with van der Waals surface area (Å²) in [5.74, 6) is 2.31. The fraction of sp³-hybridized carbons (Fsp3) is 0.222. The third-order valence-corrected chi connectivity index (χ3v) is 4.74. The van der Waals surface area contributed by atoms with Crippen molar-refractivity contribution in [1.29, 1.82) is 0 Å². The van der Waals surface area contributed by atoms with Gasteiger partial charge in [-0.3, -0.25) is 4.79 Å². The molecule has 0 aliphatic heterocycles. The van der Waals surface area contributed by atoms with E-state index in [4.69, 9.17) is 13.9 Å². The number of aromatic nitrogens is 2. The number of furan rings is 1. The van der Waals surface area contributed by atoms with E-state index in [0.717, 1.165) is 5.16 Å². The zero-order valence-corrected chi connectivity index (χ0v) is 15.5.